The molecular formula is C11H8N4O3. The maximum atomic E-state index is 11.8. The molecule has 0 aliphatic rings. The number of hydrogen-bond acceptors (Lipinski definition) is 5. The van der Waals surface area contributed by atoms with E-state index < -0.39 is 11.9 Å². The summed E-state index contributed by atoms with van der Waals surface area (Å²) >= 11 is 0. The van der Waals surface area contributed by atoms with Gasteiger partial charge in [-0.3, -0.25) is 9.78 Å². The highest BCUT2D eigenvalue weighted by molar-refractivity contribution is 6.07. The average molecular weight is 244 g/mol. The highest BCUT2D eigenvalue weighted by Crippen LogP contribution is 2.14. The molecule has 90 valence electrons. The van der Waals surface area contributed by atoms with E-state index >= 15 is 0 Å². The van der Waals surface area contributed by atoms with Crippen LogP contribution in [-0.2, 0) is 0 Å². The molecule has 2 N–H and O–H groups in total. The van der Waals surface area contributed by atoms with Gasteiger partial charge in [-0.1, -0.05) is 0 Å². The molecule has 0 aliphatic carbocycles. The van der Waals surface area contributed by atoms with E-state index in [4.69, 9.17) is 5.11 Å². The number of anilines is 1. The van der Waals surface area contributed by atoms with Crippen molar-refractivity contribution in [3.63, 3.8) is 0 Å². The molecule has 0 spiro atoms. The number of nitrogens with one attached hydrogen (secondary N) is 1. The van der Waals surface area contributed by atoms with Crippen LogP contribution in [0.1, 0.15) is 20.7 Å². The quantitative estimate of drug-likeness (QED) is 0.828. The predicted molar refractivity (Wildman–Crippen MR) is 61.2 cm³/mol. The Kier molecular flexibility index (Phi) is 3.24. The lowest BCUT2D eigenvalue weighted by molar-refractivity contribution is 0.0698. The summed E-state index contributed by atoms with van der Waals surface area (Å²) in [6.45, 7) is 0. The number of hydrogen-bond donors (Lipinski definition) is 2. The molecule has 2 rings (SSSR count). The summed E-state index contributed by atoms with van der Waals surface area (Å²) in [4.78, 5) is 26.5. The van der Waals surface area contributed by atoms with E-state index in [1.54, 1.807) is 0 Å². The lowest BCUT2D eigenvalue weighted by atomic mass is 10.2. The van der Waals surface area contributed by atoms with Crippen LogP contribution in [0.15, 0.2) is 36.9 Å². The van der Waals surface area contributed by atoms with Crippen molar-refractivity contribution in [1.82, 2.24) is 15.2 Å². The zero-order valence-corrected chi connectivity index (χ0v) is 9.07. The number of amides is 1. The Morgan fingerprint density at radius 1 is 1.11 bits per heavy atom. The first-order valence-electron chi connectivity index (χ1n) is 4.94. The smallest absolute Gasteiger partial charge is 0.337 e. The van der Waals surface area contributed by atoms with Gasteiger partial charge in [-0.05, 0) is 12.1 Å². The van der Waals surface area contributed by atoms with Crippen LogP contribution in [0, 0.1) is 0 Å². The average Bonchev–Trinajstić information content (AvgIpc) is 2.40. The van der Waals surface area contributed by atoms with Crippen LogP contribution in [0.25, 0.3) is 0 Å². The molecule has 0 saturated heterocycles. The van der Waals surface area contributed by atoms with Gasteiger partial charge in [0.1, 0.15) is 0 Å². The molecule has 2 aromatic rings. The number of carboxylic acid groups (broad SMARTS) is 1. The van der Waals surface area contributed by atoms with Crippen molar-refractivity contribution in [3.8, 4) is 0 Å². The van der Waals surface area contributed by atoms with Gasteiger partial charge in [0.05, 0.1) is 35.4 Å². The predicted octanol–water partition coefficient (Wildman–Crippen LogP) is 0.822. The first kappa shape index (κ1) is 11.6. The summed E-state index contributed by atoms with van der Waals surface area (Å²) in [5.41, 5.74) is 0.386. The minimum absolute atomic E-state index is 0.0274. The van der Waals surface area contributed by atoms with Gasteiger partial charge in [-0.2, -0.15) is 10.2 Å². The molecule has 0 atom stereocenters. The molecule has 2 heterocycles. The van der Waals surface area contributed by atoms with Gasteiger partial charge in [0.15, 0.2) is 0 Å². The number of carbonyl (C=O) groups excluding carboxylic acids is 1. The zero-order valence-electron chi connectivity index (χ0n) is 9.07. The van der Waals surface area contributed by atoms with Crippen LogP contribution < -0.4 is 5.32 Å². The second-order valence-corrected chi connectivity index (χ2v) is 3.31. The highest BCUT2D eigenvalue weighted by atomic mass is 16.4. The topological polar surface area (TPSA) is 105 Å². The Morgan fingerprint density at radius 2 is 1.94 bits per heavy atom. The lowest BCUT2D eigenvalue weighted by Gasteiger charge is -2.06. The number of carboxylic acids is 1. The molecular weight excluding hydrogens is 236 g/mol. The van der Waals surface area contributed by atoms with Crippen LogP contribution in [0.2, 0.25) is 0 Å². The van der Waals surface area contributed by atoms with E-state index in [0.29, 0.717) is 0 Å². The molecule has 0 radical (unpaired) electrons. The molecule has 0 aliphatic heterocycles. The fraction of sp³-hybridized carbons (Fsp3) is 0. The van der Waals surface area contributed by atoms with Gasteiger partial charge in [0.2, 0.25) is 0 Å². The number of aromatic carboxylic acids is 1. The zero-order chi connectivity index (χ0) is 13.0. The maximum absolute atomic E-state index is 11.8. The maximum Gasteiger partial charge on any atom is 0.337 e. The van der Waals surface area contributed by atoms with E-state index in [2.05, 4.69) is 20.5 Å². The van der Waals surface area contributed by atoms with Crippen LogP contribution in [0.3, 0.4) is 0 Å². The van der Waals surface area contributed by atoms with Crippen molar-refractivity contribution in [2.45, 2.75) is 0 Å². The highest BCUT2D eigenvalue weighted by Gasteiger charge is 2.13. The van der Waals surface area contributed by atoms with Crippen molar-refractivity contribution in [1.29, 1.82) is 0 Å². The summed E-state index contributed by atoms with van der Waals surface area (Å²) in [5.74, 6) is -1.61. The standard InChI is InChI=1S/C11H8N4O3/c16-10(7-1-4-13-14-5-7)15-9-6-12-3-2-8(9)11(17)18/h1-6H,(H,15,16)(H,17,18). The molecule has 0 aromatic carbocycles. The summed E-state index contributed by atoms with van der Waals surface area (Å²) in [7, 11) is 0. The minimum atomic E-state index is -1.14. The van der Waals surface area contributed by atoms with Crippen LogP contribution in [-0.4, -0.2) is 32.2 Å². The Bertz CT molecular complexity index is 586. The van der Waals surface area contributed by atoms with Crippen LogP contribution in [0.5, 0.6) is 0 Å². The van der Waals surface area contributed by atoms with Crippen molar-refractivity contribution in [3.05, 3.63) is 48.0 Å². The van der Waals surface area contributed by atoms with Crippen LogP contribution in [0.4, 0.5) is 5.69 Å². The Hall–Kier alpha value is -2.83. The Labute approximate surface area is 102 Å². The molecule has 7 nitrogen and oxygen atoms in total. The molecule has 2 aromatic heterocycles. The number of aromatic nitrogens is 3. The van der Waals surface area contributed by atoms with Crippen molar-refractivity contribution in [2.75, 3.05) is 5.32 Å². The van der Waals surface area contributed by atoms with Gasteiger partial charge in [-0.15, -0.1) is 0 Å². The monoisotopic (exact) mass is 244 g/mol. The third-order valence-corrected chi connectivity index (χ3v) is 2.15. The molecule has 1 amide bonds. The van der Waals surface area contributed by atoms with Crippen molar-refractivity contribution in [2.24, 2.45) is 0 Å². The minimum Gasteiger partial charge on any atom is -0.478 e. The molecule has 0 unspecified atom stereocenters. The van der Waals surface area contributed by atoms with Crippen molar-refractivity contribution < 1.29 is 14.7 Å². The number of carbonyl (C=O) groups is 2. The van der Waals surface area contributed by atoms with Gasteiger partial charge in [0.25, 0.3) is 5.91 Å². The van der Waals surface area contributed by atoms with E-state index in [1.165, 1.54) is 36.9 Å². The number of rotatable bonds is 3. The lowest BCUT2D eigenvalue weighted by Crippen LogP contribution is -2.15. The van der Waals surface area contributed by atoms with Gasteiger partial charge >= 0.3 is 5.97 Å². The van der Waals surface area contributed by atoms with Gasteiger partial charge in [-0.25, -0.2) is 4.79 Å². The first-order valence-corrected chi connectivity index (χ1v) is 4.94. The van der Waals surface area contributed by atoms with E-state index in [-0.39, 0.29) is 16.8 Å². The molecule has 0 fully saturated rings. The molecule has 0 bridgehead atoms. The van der Waals surface area contributed by atoms with Gasteiger partial charge in [0, 0.05) is 6.20 Å². The van der Waals surface area contributed by atoms with Crippen LogP contribution >= 0.6 is 0 Å². The second kappa shape index (κ2) is 5.00. The SMILES string of the molecule is O=C(Nc1cnccc1C(=O)O)c1ccnnc1. The summed E-state index contributed by atoms with van der Waals surface area (Å²) in [6, 6.07) is 2.78. The van der Waals surface area contributed by atoms with E-state index in [1.807, 2.05) is 0 Å². The summed E-state index contributed by atoms with van der Waals surface area (Å²) < 4.78 is 0. The first-order chi connectivity index (χ1) is 8.68. The number of pyridine rings is 1. The van der Waals surface area contributed by atoms with E-state index in [0.717, 1.165) is 0 Å². The summed E-state index contributed by atoms with van der Waals surface area (Å²) in [6.07, 6.45) is 5.27. The van der Waals surface area contributed by atoms with E-state index in [9.17, 15) is 9.59 Å². The molecule has 18 heavy (non-hydrogen) atoms. The fourth-order valence-corrected chi connectivity index (χ4v) is 1.30. The molecule has 0 saturated carbocycles. The Balaban J connectivity index is 2.25. The fourth-order valence-electron chi connectivity index (χ4n) is 1.30. The largest absolute Gasteiger partial charge is 0.478 e. The third-order valence-electron chi connectivity index (χ3n) is 2.15. The van der Waals surface area contributed by atoms with Gasteiger partial charge < -0.3 is 10.4 Å². The van der Waals surface area contributed by atoms with Crippen molar-refractivity contribution >= 4 is 17.6 Å². The molecule has 7 heteroatoms. The summed E-state index contributed by atoms with van der Waals surface area (Å²) in [5, 5.41) is 18.5. The number of nitrogens with zero attached hydrogens (tertiary/aromatic N) is 3. The third kappa shape index (κ3) is 2.46. The Morgan fingerprint density at radius 3 is 2.61 bits per heavy atom. The normalized spacial score (nSPS) is 9.78. The second-order valence-electron chi connectivity index (χ2n) is 3.31.